The summed E-state index contributed by atoms with van der Waals surface area (Å²) in [5.74, 6) is 2.43. The Kier molecular flexibility index (Phi) is 6.24. The second-order valence-corrected chi connectivity index (χ2v) is 7.46. The summed E-state index contributed by atoms with van der Waals surface area (Å²) < 4.78 is 11.0. The van der Waals surface area contributed by atoms with Gasteiger partial charge in [0.1, 0.15) is 5.69 Å². The minimum Gasteiger partial charge on any atom is -0.381 e. The highest BCUT2D eigenvalue weighted by atomic mass is 16.5. The Morgan fingerprint density at radius 1 is 1.21 bits per heavy atom. The van der Waals surface area contributed by atoms with Crippen LogP contribution in [0.2, 0.25) is 0 Å². The van der Waals surface area contributed by atoms with Crippen molar-refractivity contribution in [3.63, 3.8) is 0 Å². The average molecular weight is 383 g/mol. The van der Waals surface area contributed by atoms with E-state index in [9.17, 15) is 0 Å². The predicted molar refractivity (Wildman–Crippen MR) is 109 cm³/mol. The van der Waals surface area contributed by atoms with Crippen molar-refractivity contribution < 1.29 is 9.26 Å². The van der Waals surface area contributed by atoms with Crippen molar-refractivity contribution in [3.8, 4) is 11.3 Å². The molecule has 0 aliphatic carbocycles. The third kappa shape index (κ3) is 4.72. The van der Waals surface area contributed by atoms with Gasteiger partial charge in [-0.25, -0.2) is 0 Å². The van der Waals surface area contributed by atoms with Crippen LogP contribution in [0.15, 0.2) is 45.9 Å². The van der Waals surface area contributed by atoms with E-state index in [1.165, 1.54) is 6.42 Å². The molecule has 7 heteroatoms. The van der Waals surface area contributed by atoms with Crippen molar-refractivity contribution in [2.75, 3.05) is 53.0 Å². The van der Waals surface area contributed by atoms with Crippen LogP contribution in [-0.2, 0) is 11.3 Å². The van der Waals surface area contributed by atoms with Gasteiger partial charge in [-0.2, -0.15) is 0 Å². The highest BCUT2D eigenvalue weighted by Crippen LogP contribution is 2.18. The van der Waals surface area contributed by atoms with Crippen LogP contribution < -0.4 is 5.32 Å². The van der Waals surface area contributed by atoms with Gasteiger partial charge >= 0.3 is 0 Å². The Morgan fingerprint density at radius 2 is 2.04 bits per heavy atom. The average Bonchev–Trinajstić information content (AvgIpc) is 3.42. The van der Waals surface area contributed by atoms with E-state index in [2.05, 4.69) is 25.3 Å². The Hall–Kier alpha value is -2.38. The molecule has 1 aromatic carbocycles. The van der Waals surface area contributed by atoms with Gasteiger partial charge in [-0.05, 0) is 12.3 Å². The fourth-order valence-corrected chi connectivity index (χ4v) is 3.87. The Labute approximate surface area is 166 Å². The van der Waals surface area contributed by atoms with Gasteiger partial charge in [0, 0.05) is 58.0 Å². The van der Waals surface area contributed by atoms with E-state index in [1.807, 2.05) is 43.4 Å². The first kappa shape index (κ1) is 19.0. The summed E-state index contributed by atoms with van der Waals surface area (Å²) in [5.41, 5.74) is 1.92. The van der Waals surface area contributed by atoms with E-state index in [1.54, 1.807) is 0 Å². The Morgan fingerprint density at radius 3 is 2.75 bits per heavy atom. The fraction of sp³-hybridized carbons (Fsp3) is 0.524. The molecular formula is C21H29N5O2. The maximum atomic E-state index is 5.50. The van der Waals surface area contributed by atoms with Crippen LogP contribution in [0.4, 0.5) is 0 Å². The third-order valence-electron chi connectivity index (χ3n) is 5.47. The van der Waals surface area contributed by atoms with E-state index in [4.69, 9.17) is 9.26 Å². The van der Waals surface area contributed by atoms with E-state index in [-0.39, 0.29) is 0 Å². The molecule has 0 radical (unpaired) electrons. The molecule has 2 fully saturated rings. The van der Waals surface area contributed by atoms with Crippen LogP contribution in [0, 0.1) is 5.92 Å². The third-order valence-corrected chi connectivity index (χ3v) is 5.47. The number of ether oxygens (including phenoxy) is 1. The molecule has 0 spiro atoms. The fourth-order valence-electron chi connectivity index (χ4n) is 3.87. The molecule has 28 heavy (non-hydrogen) atoms. The maximum Gasteiger partial charge on any atom is 0.194 e. The van der Waals surface area contributed by atoms with Crippen molar-refractivity contribution in [2.45, 2.75) is 13.0 Å². The SMILES string of the molecule is CN=C(NCc1cc(-c2ccccc2)no1)N1CCN(CC2CCOC2)CC1. The monoisotopic (exact) mass is 383 g/mol. The summed E-state index contributed by atoms with van der Waals surface area (Å²) in [7, 11) is 1.83. The van der Waals surface area contributed by atoms with Gasteiger partial charge < -0.3 is 19.5 Å². The number of aliphatic imine (C=N–C) groups is 1. The zero-order chi connectivity index (χ0) is 19.2. The van der Waals surface area contributed by atoms with Gasteiger partial charge in [0.05, 0.1) is 13.2 Å². The van der Waals surface area contributed by atoms with Crippen LogP contribution in [0.3, 0.4) is 0 Å². The van der Waals surface area contributed by atoms with Gasteiger partial charge in [0.15, 0.2) is 11.7 Å². The molecule has 4 rings (SSSR count). The van der Waals surface area contributed by atoms with Crippen LogP contribution >= 0.6 is 0 Å². The quantitative estimate of drug-likeness (QED) is 0.630. The highest BCUT2D eigenvalue weighted by Gasteiger charge is 2.24. The Bertz CT molecular complexity index is 762. The van der Waals surface area contributed by atoms with Crippen molar-refractivity contribution in [1.29, 1.82) is 0 Å². The molecule has 7 nitrogen and oxygen atoms in total. The first-order chi connectivity index (χ1) is 13.8. The molecule has 1 unspecified atom stereocenters. The number of nitrogens with one attached hydrogen (secondary N) is 1. The number of piperazine rings is 1. The largest absolute Gasteiger partial charge is 0.381 e. The normalized spacial score (nSPS) is 21.2. The van der Waals surface area contributed by atoms with Crippen LogP contribution in [0.25, 0.3) is 11.3 Å². The van der Waals surface area contributed by atoms with Gasteiger partial charge in [-0.15, -0.1) is 0 Å². The minimum atomic E-state index is 0.576. The van der Waals surface area contributed by atoms with Crippen molar-refractivity contribution in [3.05, 3.63) is 42.2 Å². The number of benzene rings is 1. The summed E-state index contributed by atoms with van der Waals surface area (Å²) in [6, 6.07) is 12.1. The lowest BCUT2D eigenvalue weighted by molar-refractivity contribution is 0.139. The molecule has 2 aliphatic heterocycles. The topological polar surface area (TPSA) is 66.1 Å². The summed E-state index contributed by atoms with van der Waals surface area (Å²) in [6.07, 6.45) is 1.20. The van der Waals surface area contributed by atoms with E-state index < -0.39 is 0 Å². The maximum absolute atomic E-state index is 5.50. The number of hydrogen-bond donors (Lipinski definition) is 1. The lowest BCUT2D eigenvalue weighted by Crippen LogP contribution is -2.53. The molecule has 3 heterocycles. The molecular weight excluding hydrogens is 354 g/mol. The van der Waals surface area contributed by atoms with Crippen molar-refractivity contribution in [2.24, 2.45) is 10.9 Å². The first-order valence-electron chi connectivity index (χ1n) is 10.1. The molecule has 1 atom stereocenters. The second kappa shape index (κ2) is 9.21. The minimum absolute atomic E-state index is 0.576. The van der Waals surface area contributed by atoms with E-state index in [0.29, 0.717) is 12.5 Å². The Balaban J connectivity index is 1.26. The van der Waals surface area contributed by atoms with Crippen molar-refractivity contribution in [1.82, 2.24) is 20.3 Å². The zero-order valence-corrected chi connectivity index (χ0v) is 16.5. The van der Waals surface area contributed by atoms with E-state index >= 15 is 0 Å². The first-order valence-corrected chi connectivity index (χ1v) is 10.1. The number of hydrogen-bond acceptors (Lipinski definition) is 5. The van der Waals surface area contributed by atoms with Crippen LogP contribution in [0.5, 0.6) is 0 Å². The summed E-state index contributed by atoms with van der Waals surface area (Å²) in [6.45, 7) is 7.68. The summed E-state index contributed by atoms with van der Waals surface area (Å²) in [5, 5.41) is 7.59. The summed E-state index contributed by atoms with van der Waals surface area (Å²) in [4.78, 5) is 9.31. The smallest absolute Gasteiger partial charge is 0.194 e. The number of rotatable bonds is 5. The van der Waals surface area contributed by atoms with Gasteiger partial charge in [0.2, 0.25) is 0 Å². The zero-order valence-electron chi connectivity index (χ0n) is 16.5. The van der Waals surface area contributed by atoms with Gasteiger partial charge in [-0.1, -0.05) is 35.5 Å². The lowest BCUT2D eigenvalue weighted by atomic mass is 10.1. The molecule has 1 N–H and O–H groups in total. The molecule has 150 valence electrons. The number of guanidine groups is 1. The highest BCUT2D eigenvalue weighted by molar-refractivity contribution is 5.80. The van der Waals surface area contributed by atoms with Gasteiger partial charge in [-0.3, -0.25) is 9.89 Å². The molecule has 2 aliphatic rings. The molecule has 2 aromatic rings. The molecule has 0 amide bonds. The predicted octanol–water partition coefficient (Wildman–Crippen LogP) is 2.07. The van der Waals surface area contributed by atoms with Crippen molar-refractivity contribution >= 4 is 5.96 Å². The number of nitrogens with zero attached hydrogens (tertiary/aromatic N) is 4. The van der Waals surface area contributed by atoms with Crippen LogP contribution in [-0.4, -0.2) is 73.9 Å². The van der Waals surface area contributed by atoms with Crippen LogP contribution in [0.1, 0.15) is 12.2 Å². The van der Waals surface area contributed by atoms with Gasteiger partial charge in [0.25, 0.3) is 0 Å². The standard InChI is InChI=1S/C21H29N5O2/c1-22-21(26-10-8-25(9-11-26)15-17-7-12-27-16-17)23-14-19-13-20(24-28-19)18-5-3-2-4-6-18/h2-6,13,17H,7-12,14-16H2,1H3,(H,22,23). The molecule has 0 saturated carbocycles. The molecule has 0 bridgehead atoms. The lowest BCUT2D eigenvalue weighted by Gasteiger charge is -2.37. The van der Waals surface area contributed by atoms with E-state index in [0.717, 1.165) is 68.9 Å². The number of aromatic nitrogens is 1. The molecule has 1 aromatic heterocycles. The second-order valence-electron chi connectivity index (χ2n) is 7.46. The molecule has 2 saturated heterocycles. The summed E-state index contributed by atoms with van der Waals surface area (Å²) >= 11 is 0.